The van der Waals surface area contributed by atoms with Crippen molar-refractivity contribution in [1.82, 2.24) is 5.32 Å². The molecule has 8 heteroatoms. The Hall–Kier alpha value is -2.90. The lowest BCUT2D eigenvalue weighted by Gasteiger charge is -2.39. The van der Waals surface area contributed by atoms with Gasteiger partial charge in [0.05, 0.1) is 5.41 Å². The first kappa shape index (κ1) is 25.7. The number of benzene rings is 1. The molecule has 0 aromatic heterocycles. The molecule has 1 unspecified atom stereocenters. The van der Waals surface area contributed by atoms with Crippen molar-refractivity contribution >= 4 is 35.1 Å². The molecule has 1 aromatic rings. The number of ether oxygens (including phenoxy) is 1. The molecule has 1 aromatic carbocycles. The van der Waals surface area contributed by atoms with Gasteiger partial charge in [0.1, 0.15) is 5.60 Å². The van der Waals surface area contributed by atoms with Gasteiger partial charge in [0, 0.05) is 43.7 Å². The highest BCUT2D eigenvalue weighted by Crippen LogP contribution is 2.40. The highest BCUT2D eigenvalue weighted by atomic mass is 16.6. The van der Waals surface area contributed by atoms with E-state index in [2.05, 4.69) is 10.6 Å². The Labute approximate surface area is 201 Å². The largest absolute Gasteiger partial charge is 0.460 e. The fourth-order valence-electron chi connectivity index (χ4n) is 4.58. The van der Waals surface area contributed by atoms with Crippen LogP contribution in [0.4, 0.5) is 11.4 Å². The van der Waals surface area contributed by atoms with E-state index in [1.54, 1.807) is 4.90 Å². The van der Waals surface area contributed by atoms with Gasteiger partial charge in [0.25, 0.3) is 0 Å². The van der Waals surface area contributed by atoms with Gasteiger partial charge in [-0.05, 0) is 77.1 Å². The lowest BCUT2D eigenvalue weighted by atomic mass is 9.74. The van der Waals surface area contributed by atoms with Crippen molar-refractivity contribution in [3.05, 3.63) is 24.3 Å². The number of carbonyl (C=O) groups excluding carboxylic acids is 4. The number of hydrogen-bond donors (Lipinski definition) is 2. The summed E-state index contributed by atoms with van der Waals surface area (Å²) in [6.07, 6.45) is 5.36. The van der Waals surface area contributed by atoms with E-state index in [1.807, 2.05) is 45.0 Å². The normalized spacial score (nSPS) is 21.3. The van der Waals surface area contributed by atoms with Gasteiger partial charge in [-0.3, -0.25) is 24.5 Å². The maximum absolute atomic E-state index is 12.9. The van der Waals surface area contributed by atoms with Gasteiger partial charge >= 0.3 is 5.97 Å². The van der Waals surface area contributed by atoms with Crippen LogP contribution in [0.1, 0.15) is 78.6 Å². The number of amides is 3. The summed E-state index contributed by atoms with van der Waals surface area (Å²) in [5.41, 5.74) is 0.589. The number of rotatable bonds is 8. The standard InChI is InChI=1S/C26H37N3O5/c1-25(2,3)34-23(32)9-5-4-6-16-27-19-10-12-20(13-11-19)29-17-15-26(18-22(29)31)14-7-8-21(30)28-24(26)33/h10-13,27H,4-9,14-18H2,1-3H3,(H,28,30,33). The number of nitrogens with one attached hydrogen (secondary N) is 2. The Morgan fingerprint density at radius 2 is 1.82 bits per heavy atom. The van der Waals surface area contributed by atoms with Crippen molar-refractivity contribution in [1.29, 1.82) is 0 Å². The SMILES string of the molecule is CC(C)(C)OC(=O)CCCCCNc1ccc(N2CCC3(CCCC(=O)NC3=O)CC2=O)cc1. The number of nitrogens with zero attached hydrogens (tertiary/aromatic N) is 1. The van der Waals surface area contributed by atoms with Crippen molar-refractivity contribution in [3.8, 4) is 0 Å². The third-order valence-electron chi connectivity index (χ3n) is 6.38. The quantitative estimate of drug-likeness (QED) is 0.338. The molecular weight excluding hydrogens is 434 g/mol. The van der Waals surface area contributed by atoms with Gasteiger partial charge in [0.2, 0.25) is 17.7 Å². The number of imide groups is 1. The molecule has 0 saturated carbocycles. The highest BCUT2D eigenvalue weighted by Gasteiger charge is 2.46. The Balaban J connectivity index is 1.42. The summed E-state index contributed by atoms with van der Waals surface area (Å²) in [5, 5.41) is 5.82. The van der Waals surface area contributed by atoms with E-state index in [0.29, 0.717) is 38.6 Å². The maximum Gasteiger partial charge on any atom is 0.306 e. The van der Waals surface area contributed by atoms with Crippen LogP contribution in [0, 0.1) is 5.41 Å². The molecule has 0 bridgehead atoms. The second-order valence-corrected chi connectivity index (χ2v) is 10.4. The van der Waals surface area contributed by atoms with Crippen LogP contribution in [0.15, 0.2) is 24.3 Å². The number of esters is 1. The summed E-state index contributed by atoms with van der Waals surface area (Å²) in [5.74, 6) is -0.777. The van der Waals surface area contributed by atoms with E-state index in [4.69, 9.17) is 4.74 Å². The highest BCUT2D eigenvalue weighted by molar-refractivity contribution is 6.04. The van der Waals surface area contributed by atoms with Crippen LogP contribution in [0.5, 0.6) is 0 Å². The molecule has 186 valence electrons. The van der Waals surface area contributed by atoms with Crippen molar-refractivity contribution in [2.24, 2.45) is 5.41 Å². The summed E-state index contributed by atoms with van der Waals surface area (Å²) in [6, 6.07) is 7.73. The summed E-state index contributed by atoms with van der Waals surface area (Å²) in [6.45, 7) is 6.88. The second-order valence-electron chi connectivity index (χ2n) is 10.4. The molecule has 2 heterocycles. The first-order valence-electron chi connectivity index (χ1n) is 12.3. The molecule has 3 rings (SSSR count). The molecule has 8 nitrogen and oxygen atoms in total. The summed E-state index contributed by atoms with van der Waals surface area (Å²) >= 11 is 0. The van der Waals surface area contributed by atoms with E-state index in [1.165, 1.54) is 0 Å². The van der Waals surface area contributed by atoms with Crippen molar-refractivity contribution in [3.63, 3.8) is 0 Å². The molecule has 2 aliphatic rings. The summed E-state index contributed by atoms with van der Waals surface area (Å²) in [7, 11) is 0. The van der Waals surface area contributed by atoms with Gasteiger partial charge in [-0.25, -0.2) is 0 Å². The molecule has 0 radical (unpaired) electrons. The fraction of sp³-hybridized carbons (Fsp3) is 0.615. The van der Waals surface area contributed by atoms with E-state index < -0.39 is 11.0 Å². The summed E-state index contributed by atoms with van der Waals surface area (Å²) < 4.78 is 5.31. The lowest BCUT2D eigenvalue weighted by molar-refractivity contribution is -0.155. The molecule has 2 saturated heterocycles. The minimum Gasteiger partial charge on any atom is -0.460 e. The zero-order valence-electron chi connectivity index (χ0n) is 20.6. The third kappa shape index (κ3) is 7.05. The first-order chi connectivity index (χ1) is 16.1. The predicted molar refractivity (Wildman–Crippen MR) is 130 cm³/mol. The maximum atomic E-state index is 12.9. The number of unbranched alkanes of at least 4 members (excludes halogenated alkanes) is 2. The van der Waals surface area contributed by atoms with E-state index >= 15 is 0 Å². The van der Waals surface area contributed by atoms with Crippen molar-refractivity contribution in [2.75, 3.05) is 23.3 Å². The average molecular weight is 472 g/mol. The van der Waals surface area contributed by atoms with E-state index in [-0.39, 0.29) is 30.1 Å². The van der Waals surface area contributed by atoms with Crippen LogP contribution in [-0.2, 0) is 23.9 Å². The van der Waals surface area contributed by atoms with Crippen LogP contribution in [0.2, 0.25) is 0 Å². The zero-order chi connectivity index (χ0) is 24.8. The third-order valence-corrected chi connectivity index (χ3v) is 6.38. The molecule has 3 amide bonds. The van der Waals surface area contributed by atoms with Crippen LogP contribution in [0.25, 0.3) is 0 Å². The van der Waals surface area contributed by atoms with Gasteiger partial charge < -0.3 is 15.0 Å². The molecule has 0 aliphatic carbocycles. The monoisotopic (exact) mass is 471 g/mol. The summed E-state index contributed by atoms with van der Waals surface area (Å²) in [4.78, 5) is 50.6. The fourth-order valence-corrected chi connectivity index (χ4v) is 4.58. The minimum absolute atomic E-state index is 0.0820. The molecular formula is C26H37N3O5. The van der Waals surface area contributed by atoms with Crippen LogP contribution in [-0.4, -0.2) is 42.4 Å². The number of hydrogen-bond acceptors (Lipinski definition) is 6. The van der Waals surface area contributed by atoms with Crippen molar-refractivity contribution < 1.29 is 23.9 Å². The zero-order valence-corrected chi connectivity index (χ0v) is 20.6. The Morgan fingerprint density at radius 3 is 2.50 bits per heavy atom. The van der Waals surface area contributed by atoms with E-state index in [9.17, 15) is 19.2 Å². The average Bonchev–Trinajstić information content (AvgIpc) is 2.88. The minimum atomic E-state index is -0.759. The van der Waals surface area contributed by atoms with Gasteiger partial charge in [0.15, 0.2) is 0 Å². The Bertz CT molecular complexity index is 906. The smallest absolute Gasteiger partial charge is 0.306 e. The number of carbonyl (C=O) groups is 4. The molecule has 1 atom stereocenters. The number of piperidine rings is 1. The molecule has 2 N–H and O–H groups in total. The Morgan fingerprint density at radius 1 is 1.09 bits per heavy atom. The van der Waals surface area contributed by atoms with Crippen molar-refractivity contribution in [2.45, 2.75) is 84.2 Å². The first-order valence-corrected chi connectivity index (χ1v) is 12.3. The van der Waals surface area contributed by atoms with Crippen LogP contribution < -0.4 is 15.5 Å². The lowest BCUT2D eigenvalue weighted by Crippen LogP contribution is -2.51. The van der Waals surface area contributed by atoms with Gasteiger partial charge in [-0.2, -0.15) is 0 Å². The molecule has 1 spiro atoms. The number of anilines is 2. The van der Waals surface area contributed by atoms with Gasteiger partial charge in [-0.1, -0.05) is 6.42 Å². The van der Waals surface area contributed by atoms with Gasteiger partial charge in [-0.15, -0.1) is 0 Å². The van der Waals surface area contributed by atoms with Crippen LogP contribution >= 0.6 is 0 Å². The molecule has 2 aliphatic heterocycles. The van der Waals surface area contributed by atoms with E-state index in [0.717, 1.165) is 37.2 Å². The molecule has 2 fully saturated rings. The molecule has 34 heavy (non-hydrogen) atoms. The Kier molecular flexibility index (Phi) is 8.33. The predicted octanol–water partition coefficient (Wildman–Crippen LogP) is 3.94. The second kappa shape index (κ2) is 11.0. The topological polar surface area (TPSA) is 105 Å². The van der Waals surface area contributed by atoms with Crippen LogP contribution in [0.3, 0.4) is 0 Å².